The van der Waals surface area contributed by atoms with Crippen LogP contribution in [-0.2, 0) is 24.3 Å². The molecular formula is C25H32N2O7S2. The van der Waals surface area contributed by atoms with Gasteiger partial charge >= 0.3 is 11.9 Å². The van der Waals surface area contributed by atoms with Crippen LogP contribution in [0.4, 0.5) is 5.69 Å². The van der Waals surface area contributed by atoms with Crippen molar-refractivity contribution in [2.45, 2.75) is 38.6 Å². The highest BCUT2D eigenvalue weighted by atomic mass is 32.2. The summed E-state index contributed by atoms with van der Waals surface area (Å²) in [6.07, 6.45) is 3.04. The zero-order valence-electron chi connectivity index (χ0n) is 20.5. The van der Waals surface area contributed by atoms with Gasteiger partial charge in [0.15, 0.2) is 11.5 Å². The Hall–Kier alpha value is -2.89. The molecule has 0 unspecified atom stereocenters. The average Bonchev–Trinajstić information content (AvgIpc) is 3.32. The summed E-state index contributed by atoms with van der Waals surface area (Å²) in [4.78, 5) is 25.3. The molecule has 1 N–H and O–H groups in total. The number of methoxy groups -OCH3 is 1. The summed E-state index contributed by atoms with van der Waals surface area (Å²) in [7, 11) is -2.10. The Morgan fingerprint density at radius 3 is 2.67 bits per heavy atom. The zero-order chi connectivity index (χ0) is 26.1. The maximum atomic E-state index is 12.3. The molecule has 36 heavy (non-hydrogen) atoms. The number of thiophene rings is 1. The summed E-state index contributed by atoms with van der Waals surface area (Å²) in [5.41, 5.74) is 1.75. The number of benzene rings is 1. The number of esters is 2. The molecule has 1 aliphatic rings. The summed E-state index contributed by atoms with van der Waals surface area (Å²) >= 11 is 1.22. The molecular weight excluding hydrogens is 504 g/mol. The molecule has 1 aliphatic heterocycles. The van der Waals surface area contributed by atoms with Crippen LogP contribution in [0.2, 0.25) is 0 Å². The molecule has 0 amide bonds. The Balaban J connectivity index is 1.69. The van der Waals surface area contributed by atoms with Crippen molar-refractivity contribution < 1.29 is 32.2 Å². The molecule has 1 fully saturated rings. The van der Waals surface area contributed by atoms with Gasteiger partial charge in [0.2, 0.25) is 10.0 Å². The Kier molecular flexibility index (Phi) is 9.91. The van der Waals surface area contributed by atoms with Crippen LogP contribution in [0, 0.1) is 0 Å². The minimum Gasteiger partial charge on any atom is -0.480 e. The highest BCUT2D eigenvalue weighted by molar-refractivity contribution is 7.92. The van der Waals surface area contributed by atoms with Crippen LogP contribution in [-0.4, -0.2) is 64.1 Å². The number of sulfonamides is 1. The van der Waals surface area contributed by atoms with Gasteiger partial charge in [0.25, 0.3) is 0 Å². The largest absolute Gasteiger partial charge is 0.480 e. The van der Waals surface area contributed by atoms with Crippen LogP contribution in [0.5, 0.6) is 5.75 Å². The van der Waals surface area contributed by atoms with Crippen LogP contribution in [0.1, 0.15) is 42.3 Å². The van der Waals surface area contributed by atoms with E-state index in [4.69, 9.17) is 14.2 Å². The van der Waals surface area contributed by atoms with E-state index in [1.807, 2.05) is 31.2 Å². The quantitative estimate of drug-likeness (QED) is 0.316. The molecule has 2 aromatic rings. The van der Waals surface area contributed by atoms with Crippen LogP contribution < -0.4 is 10.1 Å². The molecule has 0 radical (unpaired) electrons. The second-order valence-electron chi connectivity index (χ2n) is 8.27. The van der Waals surface area contributed by atoms with Crippen molar-refractivity contribution in [3.8, 4) is 16.2 Å². The fourth-order valence-electron chi connectivity index (χ4n) is 3.73. The number of ether oxygens (including phenoxy) is 3. The molecule has 0 bridgehead atoms. The van der Waals surface area contributed by atoms with Gasteiger partial charge in [0, 0.05) is 35.1 Å². The Labute approximate surface area is 216 Å². The predicted molar refractivity (Wildman–Crippen MR) is 140 cm³/mol. The second kappa shape index (κ2) is 12.9. The fourth-order valence-corrected chi connectivity index (χ4v) is 5.67. The van der Waals surface area contributed by atoms with Gasteiger partial charge in [-0.25, -0.2) is 18.0 Å². The van der Waals surface area contributed by atoms with Crippen molar-refractivity contribution in [2.75, 3.05) is 38.7 Å². The predicted octanol–water partition coefficient (Wildman–Crippen LogP) is 4.27. The number of unbranched alkanes of at least 4 members (excludes halogenated alkanes) is 1. The minimum absolute atomic E-state index is 0.128. The first kappa shape index (κ1) is 27.7. The highest BCUT2D eigenvalue weighted by Crippen LogP contribution is 2.38. The van der Waals surface area contributed by atoms with Crippen molar-refractivity contribution >= 4 is 39.0 Å². The third kappa shape index (κ3) is 7.31. The number of anilines is 1. The minimum atomic E-state index is -3.40. The molecule has 196 valence electrons. The van der Waals surface area contributed by atoms with E-state index in [-0.39, 0.29) is 23.3 Å². The van der Waals surface area contributed by atoms with E-state index in [9.17, 15) is 18.0 Å². The standard InChI is InChI=1S/C25H32N2O7S2/c1-4-6-14-33-23(28)17-34-21-16-22(35-24(21)25(29)32-3)18-8-7-9-20(15-18)26-19-10-12-27(13-11-19)36(30,31)5-2/h5,7-9,15-16,19,26H,2,4,6,10-14,17H2,1,3H3. The molecule has 0 spiro atoms. The zero-order valence-corrected chi connectivity index (χ0v) is 22.2. The monoisotopic (exact) mass is 536 g/mol. The van der Waals surface area contributed by atoms with Crippen molar-refractivity contribution in [1.82, 2.24) is 4.31 Å². The Morgan fingerprint density at radius 2 is 2.00 bits per heavy atom. The molecule has 1 saturated heterocycles. The number of carbonyl (C=O) groups excluding carboxylic acids is 2. The second-order valence-corrected chi connectivity index (χ2v) is 11.2. The molecule has 0 atom stereocenters. The molecule has 0 saturated carbocycles. The first-order chi connectivity index (χ1) is 17.3. The van der Waals surface area contributed by atoms with E-state index < -0.39 is 22.0 Å². The fraction of sp³-hybridized carbons (Fsp3) is 0.440. The number of hydrogen-bond donors (Lipinski definition) is 1. The lowest BCUT2D eigenvalue weighted by Gasteiger charge is -2.31. The van der Waals surface area contributed by atoms with Gasteiger partial charge < -0.3 is 19.5 Å². The summed E-state index contributed by atoms with van der Waals surface area (Å²) in [6.45, 7) is 6.29. The number of rotatable bonds is 12. The topological polar surface area (TPSA) is 111 Å². The summed E-state index contributed by atoms with van der Waals surface area (Å²) in [5, 5.41) is 4.46. The van der Waals surface area contributed by atoms with E-state index in [1.54, 1.807) is 6.07 Å². The number of carbonyl (C=O) groups is 2. The van der Waals surface area contributed by atoms with E-state index >= 15 is 0 Å². The summed E-state index contributed by atoms with van der Waals surface area (Å²) in [6, 6.07) is 9.56. The van der Waals surface area contributed by atoms with Crippen LogP contribution in [0.15, 0.2) is 42.3 Å². The lowest BCUT2D eigenvalue weighted by molar-refractivity contribution is -0.146. The van der Waals surface area contributed by atoms with Crippen molar-refractivity contribution in [1.29, 1.82) is 0 Å². The van der Waals surface area contributed by atoms with E-state index in [1.165, 1.54) is 22.8 Å². The van der Waals surface area contributed by atoms with E-state index in [0.717, 1.165) is 34.4 Å². The number of nitrogens with one attached hydrogen (secondary N) is 1. The number of nitrogens with zero attached hydrogens (tertiary/aromatic N) is 1. The van der Waals surface area contributed by atoms with Gasteiger partial charge in [-0.3, -0.25) is 0 Å². The Bertz CT molecular complexity index is 1170. The van der Waals surface area contributed by atoms with Crippen molar-refractivity contribution in [3.05, 3.63) is 47.2 Å². The van der Waals surface area contributed by atoms with Crippen LogP contribution in [0.25, 0.3) is 10.4 Å². The van der Waals surface area contributed by atoms with Gasteiger partial charge in [-0.1, -0.05) is 32.1 Å². The third-order valence-corrected chi connectivity index (χ3v) is 8.37. The van der Waals surface area contributed by atoms with Crippen LogP contribution >= 0.6 is 11.3 Å². The molecule has 2 heterocycles. The molecule has 11 heteroatoms. The molecule has 1 aromatic heterocycles. The number of piperidine rings is 1. The average molecular weight is 537 g/mol. The molecule has 0 aliphatic carbocycles. The van der Waals surface area contributed by atoms with Gasteiger partial charge in [-0.05, 0) is 43.0 Å². The number of hydrogen-bond acceptors (Lipinski definition) is 9. The molecule has 3 rings (SSSR count). The first-order valence-corrected chi connectivity index (χ1v) is 14.1. The maximum absolute atomic E-state index is 12.3. The summed E-state index contributed by atoms with van der Waals surface area (Å²) < 4.78 is 41.0. The van der Waals surface area contributed by atoms with Crippen molar-refractivity contribution in [3.63, 3.8) is 0 Å². The Morgan fingerprint density at radius 1 is 1.25 bits per heavy atom. The van der Waals surface area contributed by atoms with E-state index in [0.29, 0.717) is 32.5 Å². The maximum Gasteiger partial charge on any atom is 0.351 e. The lowest BCUT2D eigenvalue weighted by Crippen LogP contribution is -2.41. The first-order valence-electron chi connectivity index (χ1n) is 11.8. The normalized spacial score (nSPS) is 14.7. The van der Waals surface area contributed by atoms with Crippen molar-refractivity contribution in [2.24, 2.45) is 0 Å². The van der Waals surface area contributed by atoms with Gasteiger partial charge in [-0.15, -0.1) is 11.3 Å². The molecule has 9 nitrogen and oxygen atoms in total. The van der Waals surface area contributed by atoms with Gasteiger partial charge in [0.05, 0.1) is 13.7 Å². The van der Waals surface area contributed by atoms with E-state index in [2.05, 4.69) is 11.9 Å². The molecule has 1 aromatic carbocycles. The lowest BCUT2D eigenvalue weighted by atomic mass is 10.1. The summed E-state index contributed by atoms with van der Waals surface area (Å²) in [5.74, 6) is -0.773. The van der Waals surface area contributed by atoms with Gasteiger partial charge in [-0.2, -0.15) is 4.31 Å². The smallest absolute Gasteiger partial charge is 0.351 e. The highest BCUT2D eigenvalue weighted by Gasteiger charge is 2.26. The third-order valence-electron chi connectivity index (χ3n) is 5.72. The van der Waals surface area contributed by atoms with Crippen LogP contribution in [0.3, 0.4) is 0 Å². The SMILES string of the molecule is C=CS(=O)(=O)N1CCC(Nc2cccc(-c3cc(OCC(=O)OCCCC)c(C(=O)OC)s3)c2)CC1. The van der Waals surface area contributed by atoms with Gasteiger partial charge in [0.1, 0.15) is 5.75 Å².